The van der Waals surface area contributed by atoms with E-state index in [9.17, 15) is 19.2 Å². The molecule has 4 aromatic carbocycles. The van der Waals surface area contributed by atoms with Gasteiger partial charge in [0.25, 0.3) is 0 Å². The number of rotatable bonds is 12. The lowest BCUT2D eigenvalue weighted by Crippen LogP contribution is -2.59. The van der Waals surface area contributed by atoms with Gasteiger partial charge in [-0.25, -0.2) is 19.2 Å². The monoisotopic (exact) mass is 740 g/mol. The van der Waals surface area contributed by atoms with Crippen LogP contribution < -0.4 is 0 Å². The van der Waals surface area contributed by atoms with Crippen LogP contribution in [-0.4, -0.2) is 82.3 Å². The quantitative estimate of drug-likeness (QED) is 0.0511. The van der Waals surface area contributed by atoms with Crippen LogP contribution in [0.4, 0.5) is 0 Å². The van der Waals surface area contributed by atoms with Gasteiger partial charge in [0.2, 0.25) is 0 Å². The fourth-order valence-electron chi connectivity index (χ4n) is 5.09. The summed E-state index contributed by atoms with van der Waals surface area (Å²) >= 11 is 6.82. The zero-order valence-corrected chi connectivity index (χ0v) is 30.0. The highest BCUT2D eigenvalue weighted by Crippen LogP contribution is 2.33. The third-order valence-corrected chi connectivity index (χ3v) is 9.43. The predicted molar refractivity (Wildman–Crippen MR) is 199 cm³/mol. The van der Waals surface area contributed by atoms with Crippen molar-refractivity contribution < 1.29 is 43.0 Å². The molecule has 268 valence electrons. The van der Waals surface area contributed by atoms with Gasteiger partial charge < -0.3 is 28.7 Å². The summed E-state index contributed by atoms with van der Waals surface area (Å²) in [5.41, 5.74) is -0.377. The van der Waals surface area contributed by atoms with Crippen molar-refractivity contribution in [2.75, 3.05) is 19.7 Å². The highest BCUT2D eigenvalue weighted by Gasteiger charge is 2.50. The van der Waals surface area contributed by atoms with Crippen molar-refractivity contribution in [3.63, 3.8) is 0 Å². The van der Waals surface area contributed by atoms with Crippen molar-refractivity contribution in [2.24, 2.45) is 5.16 Å². The first-order valence-electron chi connectivity index (χ1n) is 16.5. The van der Waals surface area contributed by atoms with E-state index in [1.807, 2.05) is 18.7 Å². The lowest BCUT2D eigenvalue weighted by Gasteiger charge is -2.41. The number of esters is 3. The Morgan fingerprint density at radius 2 is 1.12 bits per heavy atom. The average Bonchev–Trinajstić information content (AvgIpc) is 3.19. The molecule has 4 atom stereocenters. The van der Waals surface area contributed by atoms with Gasteiger partial charge in [0.05, 0.1) is 22.3 Å². The summed E-state index contributed by atoms with van der Waals surface area (Å²) in [6.45, 7) is 4.60. The molecule has 5 rings (SSSR count). The normalized spacial score (nSPS) is 18.8. The van der Waals surface area contributed by atoms with E-state index in [4.69, 9.17) is 36.0 Å². The van der Waals surface area contributed by atoms with Crippen molar-refractivity contribution in [3.8, 4) is 0 Å². The highest BCUT2D eigenvalue weighted by molar-refractivity contribution is 8.23. The maximum Gasteiger partial charge on any atom is 0.365 e. The van der Waals surface area contributed by atoms with Gasteiger partial charge >= 0.3 is 23.9 Å². The Morgan fingerprint density at radius 1 is 0.673 bits per heavy atom. The van der Waals surface area contributed by atoms with E-state index in [1.165, 1.54) is 0 Å². The molecule has 0 aromatic heterocycles. The van der Waals surface area contributed by atoms with Crippen LogP contribution in [0.1, 0.15) is 55.3 Å². The van der Waals surface area contributed by atoms with Crippen molar-refractivity contribution in [2.45, 2.75) is 37.6 Å². The van der Waals surface area contributed by atoms with Crippen molar-refractivity contribution >= 4 is 57.9 Å². The Bertz CT molecular complexity index is 1860. The van der Waals surface area contributed by atoms with E-state index in [2.05, 4.69) is 5.16 Å². The fraction of sp³-hybridized carbons (Fsp3) is 0.231. The fourth-order valence-corrected chi connectivity index (χ4v) is 6.70. The van der Waals surface area contributed by atoms with Gasteiger partial charge in [0, 0.05) is 13.1 Å². The van der Waals surface area contributed by atoms with Crippen molar-refractivity contribution in [1.29, 1.82) is 0 Å². The zero-order valence-electron chi connectivity index (χ0n) is 28.4. The second-order valence-electron chi connectivity index (χ2n) is 11.2. The van der Waals surface area contributed by atoms with Gasteiger partial charge in [-0.15, -0.1) is 0 Å². The molecule has 0 spiro atoms. The third-order valence-electron chi connectivity index (χ3n) is 7.85. The maximum absolute atomic E-state index is 13.7. The minimum absolute atomic E-state index is 0.107. The molecular weight excluding hydrogens is 705 g/mol. The Balaban J connectivity index is 1.59. The molecule has 0 radical (unpaired) electrons. The number of hydrogen-bond acceptors (Lipinski definition) is 12. The summed E-state index contributed by atoms with van der Waals surface area (Å²) in [4.78, 5) is 60.9. The molecule has 1 fully saturated rings. The smallest absolute Gasteiger partial charge is 0.365 e. The van der Waals surface area contributed by atoms with Crippen LogP contribution in [0, 0.1) is 0 Å². The van der Waals surface area contributed by atoms with Gasteiger partial charge in [-0.1, -0.05) is 102 Å². The molecule has 1 aliphatic heterocycles. The molecule has 11 nitrogen and oxygen atoms in total. The number of hydrogen-bond donors (Lipinski definition) is 0. The molecular formula is C39H36N2O9S2. The number of thiocarbonyl (C=S) groups is 1. The number of benzene rings is 4. The van der Waals surface area contributed by atoms with E-state index in [1.54, 1.807) is 121 Å². The van der Waals surface area contributed by atoms with Crippen LogP contribution in [0.3, 0.4) is 0 Å². The number of thioether (sulfide) groups is 1. The highest BCUT2D eigenvalue weighted by atomic mass is 32.2. The average molecular weight is 741 g/mol. The molecule has 0 saturated carbocycles. The summed E-state index contributed by atoms with van der Waals surface area (Å²) in [6, 6.07) is 32.9. The van der Waals surface area contributed by atoms with Crippen LogP contribution in [0.2, 0.25) is 0 Å². The molecule has 0 unspecified atom stereocenters. The maximum atomic E-state index is 13.7. The molecule has 52 heavy (non-hydrogen) atoms. The third kappa shape index (κ3) is 9.90. The summed E-state index contributed by atoms with van der Waals surface area (Å²) in [5, 5.41) is 4.21. The van der Waals surface area contributed by atoms with Gasteiger partial charge in [-0.3, -0.25) is 0 Å². The van der Waals surface area contributed by atoms with Gasteiger partial charge in [0.1, 0.15) is 22.7 Å². The van der Waals surface area contributed by atoms with E-state index in [0.29, 0.717) is 17.4 Å². The largest absolute Gasteiger partial charge is 0.459 e. The standard InChI is InChI=1S/C39H36N2O9S2/c1-3-41(4-2)39(51)52-38-31(40-50-37(45)29-23-15-8-16-24-29)33(49-36(44)28-21-13-7-14-22-28)32(48-35(43)27-19-11-6-12-20-27)30(47-38)25-46-34(42)26-17-9-5-10-18-26/h5-24,30,32-33,38H,3-4,25H2,1-2H3/b40-31+/t30-,32+,33-,38+/m1/s1. The number of oxime groups is 1. The summed E-state index contributed by atoms with van der Waals surface area (Å²) in [6.07, 6.45) is -4.17. The topological polar surface area (TPSA) is 130 Å². The van der Waals surface area contributed by atoms with Crippen LogP contribution in [0.15, 0.2) is 126 Å². The first-order valence-corrected chi connectivity index (χ1v) is 17.8. The van der Waals surface area contributed by atoms with Crippen LogP contribution in [0.25, 0.3) is 0 Å². The minimum atomic E-state index is -1.50. The molecule has 4 aromatic rings. The molecule has 0 N–H and O–H groups in total. The van der Waals surface area contributed by atoms with Crippen LogP contribution in [-0.2, 0) is 23.8 Å². The second kappa shape index (κ2) is 18.7. The number of carbonyl (C=O) groups excluding carboxylic acids is 4. The van der Waals surface area contributed by atoms with E-state index >= 15 is 0 Å². The van der Waals surface area contributed by atoms with Crippen molar-refractivity contribution in [3.05, 3.63) is 144 Å². The van der Waals surface area contributed by atoms with E-state index < -0.39 is 54.2 Å². The zero-order chi connectivity index (χ0) is 36.9. The second-order valence-corrected chi connectivity index (χ2v) is 12.9. The minimum Gasteiger partial charge on any atom is -0.459 e. The Labute approximate surface area is 310 Å². The van der Waals surface area contributed by atoms with Gasteiger partial charge in [0.15, 0.2) is 17.6 Å². The van der Waals surface area contributed by atoms with Gasteiger partial charge in [-0.2, -0.15) is 0 Å². The lowest BCUT2D eigenvalue weighted by molar-refractivity contribution is -0.120. The SMILES string of the molecule is CCN(CC)C(=S)S[C@@H]1O[C@H](COC(=O)c2ccccc2)[C@H](OC(=O)c2ccccc2)[C@H](OC(=O)c2ccccc2)/C1=N\OC(=O)c1ccccc1. The molecule has 1 saturated heterocycles. The molecule has 13 heteroatoms. The molecule has 1 aliphatic rings. The Hall–Kier alpha value is -5.37. The molecule has 0 bridgehead atoms. The first kappa shape index (κ1) is 37.9. The van der Waals surface area contributed by atoms with Crippen molar-refractivity contribution in [1.82, 2.24) is 4.90 Å². The lowest BCUT2D eigenvalue weighted by atomic mass is 9.99. The molecule has 0 amide bonds. The summed E-state index contributed by atoms with van der Waals surface area (Å²) in [5.74, 6) is -3.02. The number of ether oxygens (including phenoxy) is 4. The Morgan fingerprint density at radius 3 is 1.60 bits per heavy atom. The van der Waals surface area contributed by atoms with Gasteiger partial charge in [-0.05, 0) is 62.4 Å². The van der Waals surface area contributed by atoms with Crippen LogP contribution in [0.5, 0.6) is 0 Å². The predicted octanol–water partition coefficient (Wildman–Crippen LogP) is 6.59. The van der Waals surface area contributed by atoms with E-state index in [0.717, 1.165) is 11.8 Å². The summed E-state index contributed by atoms with van der Waals surface area (Å²) < 4.78 is 24.7. The van der Waals surface area contributed by atoms with Crippen LogP contribution >= 0.6 is 24.0 Å². The first-order chi connectivity index (χ1) is 25.3. The Kier molecular flexibility index (Phi) is 13.7. The summed E-state index contributed by atoms with van der Waals surface area (Å²) in [7, 11) is 0. The molecule has 0 aliphatic carbocycles. The number of carbonyl (C=O) groups is 4. The molecule has 1 heterocycles. The van der Waals surface area contributed by atoms with E-state index in [-0.39, 0.29) is 28.0 Å². The number of nitrogens with zero attached hydrogens (tertiary/aromatic N) is 2.